The van der Waals surface area contributed by atoms with Crippen molar-refractivity contribution in [2.75, 3.05) is 30.4 Å². The first kappa shape index (κ1) is 25.1. The summed E-state index contributed by atoms with van der Waals surface area (Å²) in [5.41, 5.74) is 0.348. The van der Waals surface area contributed by atoms with Crippen molar-refractivity contribution in [3.05, 3.63) is 81.9 Å². The van der Waals surface area contributed by atoms with Crippen molar-refractivity contribution in [2.24, 2.45) is 0 Å². The molecule has 37 heavy (non-hydrogen) atoms. The Morgan fingerprint density at radius 3 is 2.19 bits per heavy atom. The molecule has 0 spiro atoms. The number of benzene rings is 3. The number of anilines is 2. The number of rotatable bonds is 5. The van der Waals surface area contributed by atoms with Gasteiger partial charge in [0.25, 0.3) is 0 Å². The van der Waals surface area contributed by atoms with Gasteiger partial charge < -0.3 is 15.3 Å². The fourth-order valence-electron chi connectivity index (χ4n) is 5.37. The minimum Gasteiger partial charge on any atom is -0.478 e. The predicted molar refractivity (Wildman–Crippen MR) is 134 cm³/mol. The van der Waals surface area contributed by atoms with Gasteiger partial charge in [-0.05, 0) is 61.7 Å². The van der Waals surface area contributed by atoms with Gasteiger partial charge in [0.05, 0.1) is 28.1 Å². The number of hydrogen-bond donors (Lipinski definition) is 2. The van der Waals surface area contributed by atoms with Gasteiger partial charge >= 0.3 is 5.97 Å². The maximum atomic E-state index is 15.4. The molecule has 2 aliphatic rings. The van der Waals surface area contributed by atoms with Gasteiger partial charge in [-0.3, -0.25) is 4.90 Å². The molecule has 0 aromatic heterocycles. The van der Waals surface area contributed by atoms with Crippen LogP contribution in [0.3, 0.4) is 0 Å². The lowest BCUT2D eigenvalue weighted by atomic mass is 9.98. The van der Waals surface area contributed by atoms with E-state index in [4.69, 9.17) is 0 Å². The zero-order valence-corrected chi connectivity index (χ0v) is 20.5. The van der Waals surface area contributed by atoms with Gasteiger partial charge in [-0.25, -0.2) is 22.4 Å². The molecular weight excluding hydrogens is 486 g/mol. The van der Waals surface area contributed by atoms with Gasteiger partial charge in [-0.15, -0.1) is 0 Å². The molecule has 194 valence electrons. The van der Waals surface area contributed by atoms with Crippen LogP contribution >= 0.6 is 0 Å². The number of likely N-dealkylation sites (tertiary alicyclic amines) is 1. The smallest absolute Gasteiger partial charge is 0.337 e. The normalized spacial score (nSPS) is 17.6. The third-order valence-electron chi connectivity index (χ3n) is 7.19. The van der Waals surface area contributed by atoms with Crippen LogP contribution in [0.2, 0.25) is 0 Å². The molecule has 3 aromatic carbocycles. The van der Waals surface area contributed by atoms with Gasteiger partial charge in [0.1, 0.15) is 6.17 Å². The highest BCUT2D eigenvalue weighted by molar-refractivity contribution is 6.00. The fraction of sp³-hybridized carbons (Fsp3) is 0.321. The van der Waals surface area contributed by atoms with Crippen molar-refractivity contribution in [3.8, 4) is 11.1 Å². The molecule has 1 unspecified atom stereocenters. The van der Waals surface area contributed by atoms with Crippen LogP contribution < -0.4 is 10.2 Å². The maximum Gasteiger partial charge on any atom is 0.337 e. The second-order valence-electron chi connectivity index (χ2n) is 9.75. The first-order valence-electron chi connectivity index (χ1n) is 12.2. The zero-order valence-electron chi connectivity index (χ0n) is 20.5. The van der Waals surface area contributed by atoms with Crippen molar-refractivity contribution in [1.82, 2.24) is 4.90 Å². The second kappa shape index (κ2) is 9.70. The summed E-state index contributed by atoms with van der Waals surface area (Å²) in [5.74, 6) is -7.29. The Hall–Kier alpha value is -3.59. The van der Waals surface area contributed by atoms with Crippen molar-refractivity contribution in [3.63, 3.8) is 0 Å². The number of hydrogen-bond acceptors (Lipinski definition) is 4. The SMILES string of the molecule is Cc1cc2c(c(C(=O)O)c1)N(C)C(c1c(F)c(F)c(-c3ccc(CN4CCCCC4)cc3)c(F)c1F)N2. The van der Waals surface area contributed by atoms with E-state index >= 15 is 17.6 Å². The number of fused-ring (bicyclic) bond motifs is 1. The Morgan fingerprint density at radius 2 is 1.59 bits per heavy atom. The highest BCUT2D eigenvalue weighted by Gasteiger charge is 2.38. The summed E-state index contributed by atoms with van der Waals surface area (Å²) in [4.78, 5) is 15.3. The molecule has 9 heteroatoms. The predicted octanol–water partition coefficient (Wildman–Crippen LogP) is 6.46. The number of carbonyl (C=O) groups is 1. The number of carboxylic acid groups (broad SMARTS) is 1. The number of carboxylic acids is 1. The highest BCUT2D eigenvalue weighted by atomic mass is 19.2. The number of aryl methyl sites for hydroxylation is 1. The second-order valence-corrected chi connectivity index (χ2v) is 9.75. The number of piperidine rings is 1. The largest absolute Gasteiger partial charge is 0.478 e. The molecule has 1 fully saturated rings. The van der Waals surface area contributed by atoms with Gasteiger partial charge in [0.15, 0.2) is 23.3 Å². The van der Waals surface area contributed by atoms with E-state index in [2.05, 4.69) is 10.2 Å². The molecule has 0 amide bonds. The number of halogens is 4. The number of aromatic carboxylic acids is 1. The first-order chi connectivity index (χ1) is 17.7. The molecule has 5 rings (SSSR count). The van der Waals surface area contributed by atoms with Crippen LogP contribution in [0.15, 0.2) is 36.4 Å². The van der Waals surface area contributed by atoms with Crippen molar-refractivity contribution in [1.29, 1.82) is 0 Å². The average Bonchev–Trinajstić information content (AvgIpc) is 3.19. The Bertz CT molecular complexity index is 1340. The Labute approximate surface area is 212 Å². The highest BCUT2D eigenvalue weighted by Crippen LogP contribution is 2.45. The Morgan fingerprint density at radius 1 is 0.973 bits per heavy atom. The zero-order chi connectivity index (χ0) is 26.4. The van der Waals surface area contributed by atoms with Gasteiger partial charge in [0, 0.05) is 13.6 Å². The maximum absolute atomic E-state index is 15.4. The third kappa shape index (κ3) is 4.41. The van der Waals surface area contributed by atoms with Crippen LogP contribution in [0, 0.1) is 30.2 Å². The molecule has 0 aliphatic carbocycles. The van der Waals surface area contributed by atoms with Crippen LogP contribution in [0.5, 0.6) is 0 Å². The molecule has 0 saturated carbocycles. The van der Waals surface area contributed by atoms with E-state index in [1.165, 1.54) is 36.6 Å². The average molecular weight is 514 g/mol. The molecular formula is C28H27F4N3O2. The number of nitrogens with zero attached hydrogens (tertiary/aromatic N) is 2. The topological polar surface area (TPSA) is 55.8 Å². The van der Waals surface area contributed by atoms with Gasteiger partial charge in [-0.1, -0.05) is 30.7 Å². The lowest BCUT2D eigenvalue weighted by Gasteiger charge is -2.26. The van der Waals surface area contributed by atoms with Crippen LogP contribution in [-0.4, -0.2) is 36.1 Å². The summed E-state index contributed by atoms with van der Waals surface area (Å²) in [6.45, 7) is 4.35. The van der Waals surface area contributed by atoms with Crippen LogP contribution in [-0.2, 0) is 6.54 Å². The van der Waals surface area contributed by atoms with E-state index in [1.54, 1.807) is 25.1 Å². The summed E-state index contributed by atoms with van der Waals surface area (Å²) in [7, 11) is 1.41. The minimum absolute atomic E-state index is 0.0292. The third-order valence-corrected chi connectivity index (χ3v) is 7.19. The van der Waals surface area contributed by atoms with Crippen molar-refractivity contribution < 1.29 is 27.5 Å². The molecule has 2 heterocycles. The van der Waals surface area contributed by atoms with Gasteiger partial charge in [-0.2, -0.15) is 0 Å². The summed E-state index contributed by atoms with van der Waals surface area (Å²) < 4.78 is 61.4. The Balaban J connectivity index is 1.49. The molecule has 0 bridgehead atoms. The number of nitrogens with one attached hydrogen (secondary N) is 1. The fourth-order valence-corrected chi connectivity index (χ4v) is 5.37. The lowest BCUT2D eigenvalue weighted by molar-refractivity contribution is 0.0697. The molecule has 2 N–H and O–H groups in total. The van der Waals surface area contributed by atoms with Crippen LogP contribution in [0.25, 0.3) is 11.1 Å². The van der Waals surface area contributed by atoms with E-state index in [1.807, 2.05) is 0 Å². The Kier molecular flexibility index (Phi) is 6.58. The van der Waals surface area contributed by atoms with Gasteiger partial charge in [0.2, 0.25) is 0 Å². The van der Waals surface area contributed by atoms with E-state index in [0.29, 0.717) is 17.8 Å². The molecule has 0 radical (unpaired) electrons. The minimum atomic E-state index is -1.53. The molecule has 1 saturated heterocycles. The quantitative estimate of drug-likeness (QED) is 0.303. The van der Waals surface area contributed by atoms with Crippen molar-refractivity contribution >= 4 is 17.3 Å². The van der Waals surface area contributed by atoms with Crippen LogP contribution in [0.1, 0.15) is 52.5 Å². The standard InChI is InChI=1S/C28H27F4N3O2/c1-15-12-18(28(36)37)26-19(13-15)33-27(34(26)2)21-24(31)22(29)20(23(30)25(21)32)17-8-6-16(7-9-17)14-35-10-4-3-5-11-35/h6-9,12-13,27,33H,3-5,10-11,14H2,1-2H3,(H,36,37). The monoisotopic (exact) mass is 513 g/mol. The molecule has 2 aliphatic heterocycles. The van der Waals surface area contributed by atoms with E-state index in [-0.39, 0.29) is 16.8 Å². The molecule has 5 nitrogen and oxygen atoms in total. The summed E-state index contributed by atoms with van der Waals surface area (Å²) >= 11 is 0. The lowest BCUT2D eigenvalue weighted by Crippen LogP contribution is -2.29. The van der Waals surface area contributed by atoms with E-state index in [0.717, 1.165) is 31.5 Å². The summed E-state index contributed by atoms with van der Waals surface area (Å²) in [6.07, 6.45) is 2.12. The van der Waals surface area contributed by atoms with E-state index < -0.39 is 46.5 Å². The summed E-state index contributed by atoms with van der Waals surface area (Å²) in [5, 5.41) is 12.4. The molecule has 3 aromatic rings. The van der Waals surface area contributed by atoms with Crippen molar-refractivity contribution in [2.45, 2.75) is 38.9 Å². The first-order valence-corrected chi connectivity index (χ1v) is 12.2. The van der Waals surface area contributed by atoms with E-state index in [9.17, 15) is 9.90 Å². The molecule has 1 atom stereocenters. The summed E-state index contributed by atoms with van der Waals surface area (Å²) in [6, 6.07) is 9.40. The van der Waals surface area contributed by atoms with Crippen LogP contribution in [0.4, 0.5) is 28.9 Å².